The molecule has 0 unspecified atom stereocenters. The molecule has 11 aromatic carbocycles. The zero-order valence-electron chi connectivity index (χ0n) is 37.7. The van der Waals surface area contributed by atoms with Crippen molar-refractivity contribution in [3.63, 3.8) is 0 Å². The van der Waals surface area contributed by atoms with Crippen molar-refractivity contribution in [1.82, 2.24) is 0 Å². The molecule has 0 aliphatic rings. The molecule has 0 atom stereocenters. The third-order valence-electron chi connectivity index (χ3n) is 12.2. The van der Waals surface area contributed by atoms with Gasteiger partial charge in [0, 0.05) is 0 Å². The first-order valence-corrected chi connectivity index (χ1v) is 25.3. The molecule has 0 heterocycles. The van der Waals surface area contributed by atoms with E-state index in [1.54, 1.807) is 0 Å². The fourth-order valence-corrected chi connectivity index (χ4v) is 15.1. The number of benzene rings is 11. The van der Waals surface area contributed by atoms with Gasteiger partial charge in [-0.15, -0.1) is 23.3 Å². The molecule has 0 aliphatic carbocycles. The van der Waals surface area contributed by atoms with Crippen LogP contribution in [-0.2, 0) is 44.8 Å². The van der Waals surface area contributed by atoms with Crippen LogP contribution in [0.5, 0.6) is 0 Å². The SMILES string of the molecule is Cc1cc([PH+](c2ccccc2)c2ccccc2)c([PH+](c2ccccc2)c2ccccc2)cc1C.[Ag+].[Ag+].[C-]#Cc1cccc2ccc3ccccc3c12.[C-]#Cc1cccc2ccc3ccccc3c12. The quantitative estimate of drug-likeness (QED) is 0.0512. The zero-order valence-corrected chi connectivity index (χ0v) is 42.7. The monoisotopic (exact) mass is 1090 g/mol. The van der Waals surface area contributed by atoms with Gasteiger partial charge in [0.05, 0.1) is 0 Å². The maximum absolute atomic E-state index is 7.35. The van der Waals surface area contributed by atoms with Crippen LogP contribution in [0.3, 0.4) is 0 Å². The molecule has 0 saturated heterocycles. The number of hydrogen-bond acceptors (Lipinski definition) is 0. The average Bonchev–Trinajstić information content (AvgIpc) is 3.39. The minimum atomic E-state index is -1.18. The Bertz CT molecular complexity index is 3210. The van der Waals surface area contributed by atoms with Gasteiger partial charge >= 0.3 is 44.8 Å². The largest absolute Gasteiger partial charge is 1.00 e. The van der Waals surface area contributed by atoms with E-state index in [2.05, 4.69) is 220 Å². The van der Waals surface area contributed by atoms with Crippen molar-refractivity contribution in [1.29, 1.82) is 0 Å². The summed E-state index contributed by atoms with van der Waals surface area (Å²) in [5, 5.41) is 18.1. The van der Waals surface area contributed by atoms with Gasteiger partial charge in [-0.2, -0.15) is 0 Å². The predicted octanol–water partition coefficient (Wildman–Crippen LogP) is 13.1. The predicted molar refractivity (Wildman–Crippen MR) is 291 cm³/mol. The molecule has 0 aromatic heterocycles. The van der Waals surface area contributed by atoms with Crippen molar-refractivity contribution in [2.24, 2.45) is 0 Å². The van der Waals surface area contributed by atoms with E-state index in [0.29, 0.717) is 0 Å². The van der Waals surface area contributed by atoms with Gasteiger partial charge in [-0.1, -0.05) is 181 Å². The zero-order chi connectivity index (χ0) is 45.2. The summed E-state index contributed by atoms with van der Waals surface area (Å²) < 4.78 is 0. The maximum Gasteiger partial charge on any atom is 1.00 e. The van der Waals surface area contributed by atoms with Gasteiger partial charge in [0.25, 0.3) is 0 Å². The van der Waals surface area contributed by atoms with Gasteiger partial charge in [0.1, 0.15) is 47.7 Å². The smallest absolute Gasteiger partial charge is 0.366 e. The molecule has 0 fully saturated rings. The van der Waals surface area contributed by atoms with E-state index in [9.17, 15) is 0 Å². The average molecular weight is 1090 g/mol. The van der Waals surface area contributed by atoms with Gasteiger partial charge < -0.3 is 12.8 Å². The molecule has 0 radical (unpaired) electrons. The summed E-state index contributed by atoms with van der Waals surface area (Å²) >= 11 is 0. The topological polar surface area (TPSA) is 0 Å². The Kier molecular flexibility index (Phi) is 17.4. The first-order chi connectivity index (χ1) is 32.5. The van der Waals surface area contributed by atoms with Crippen LogP contribution in [-0.4, -0.2) is 0 Å². The van der Waals surface area contributed by atoms with E-state index < -0.39 is 15.8 Å². The van der Waals surface area contributed by atoms with Crippen LogP contribution in [0.15, 0.2) is 243 Å². The second-order valence-corrected chi connectivity index (χ2v) is 21.2. The molecular weight excluding hydrogens is 1050 g/mol. The number of rotatable bonds is 6. The first kappa shape index (κ1) is 49.8. The van der Waals surface area contributed by atoms with Crippen molar-refractivity contribution < 1.29 is 44.8 Å². The van der Waals surface area contributed by atoms with Crippen LogP contribution in [0.4, 0.5) is 0 Å². The maximum atomic E-state index is 7.35. The molecule has 0 bridgehead atoms. The van der Waals surface area contributed by atoms with E-state index in [1.807, 2.05) is 48.5 Å². The summed E-state index contributed by atoms with van der Waals surface area (Å²) in [5.41, 5.74) is 4.45. The van der Waals surface area contributed by atoms with E-state index in [-0.39, 0.29) is 44.8 Å². The number of fused-ring (bicyclic) bond motifs is 6. The molecule has 0 aliphatic heterocycles. The van der Waals surface area contributed by atoms with Crippen LogP contribution in [0.2, 0.25) is 0 Å². The number of aryl methyl sites for hydroxylation is 2. The molecule has 334 valence electrons. The van der Waals surface area contributed by atoms with Crippen LogP contribution < -0.4 is 31.8 Å². The molecule has 0 spiro atoms. The molecule has 0 nitrogen and oxygen atoms in total. The molecule has 0 saturated carbocycles. The van der Waals surface area contributed by atoms with Crippen molar-refractivity contribution in [3.8, 4) is 11.8 Å². The van der Waals surface area contributed by atoms with Crippen LogP contribution in [0.1, 0.15) is 22.3 Å². The third kappa shape index (κ3) is 10.9. The second kappa shape index (κ2) is 23.8. The van der Waals surface area contributed by atoms with Crippen LogP contribution in [0.25, 0.3) is 43.1 Å². The van der Waals surface area contributed by atoms with Gasteiger partial charge in [-0.3, -0.25) is 11.8 Å². The molecule has 11 rings (SSSR count). The minimum Gasteiger partial charge on any atom is -0.366 e. The first-order valence-electron chi connectivity index (χ1n) is 22.3. The van der Waals surface area contributed by atoms with E-state index in [4.69, 9.17) is 12.8 Å². The molecular formula is C64H48Ag2P2+2. The Morgan fingerprint density at radius 1 is 0.309 bits per heavy atom. The van der Waals surface area contributed by atoms with Gasteiger partial charge in [0.2, 0.25) is 0 Å². The summed E-state index contributed by atoms with van der Waals surface area (Å²) in [7, 11) is -2.36. The van der Waals surface area contributed by atoms with E-state index in [1.165, 1.54) is 64.5 Å². The van der Waals surface area contributed by atoms with Gasteiger partial charge in [0.15, 0.2) is 0 Å². The van der Waals surface area contributed by atoms with Gasteiger partial charge in [-0.25, -0.2) is 0 Å². The molecule has 0 N–H and O–H groups in total. The Labute approximate surface area is 435 Å². The summed E-state index contributed by atoms with van der Waals surface area (Å²) in [6, 6.07) is 86.4. The normalized spacial score (nSPS) is 10.5. The van der Waals surface area contributed by atoms with Crippen molar-refractivity contribution in [2.75, 3.05) is 0 Å². The van der Waals surface area contributed by atoms with E-state index in [0.717, 1.165) is 32.7 Å². The fraction of sp³-hybridized carbons (Fsp3) is 0.0312. The standard InChI is InChI=1S/C32H28P2.2C16H9.2Ag/c1-25-23-31(33(27-15-7-3-8-16-27)28-17-9-4-10-18-28)32(24-26(25)2)34(29-19-11-5-12-20-29)30-21-13-6-14-22-30;2*1-2-12-7-5-8-14-11-10-13-6-3-4-9-15(13)16(12)14;;/h3-24H,1-2H3;2*3-11H;;/q;2*-1;2*+1/p+2. The Hall–Kier alpha value is -6.08. The second-order valence-electron chi connectivity index (χ2n) is 16.3. The van der Waals surface area contributed by atoms with Crippen molar-refractivity contribution >= 4 is 90.8 Å². The molecule has 68 heavy (non-hydrogen) atoms. The third-order valence-corrected chi connectivity index (χ3v) is 18.0. The van der Waals surface area contributed by atoms with Crippen molar-refractivity contribution in [2.45, 2.75) is 13.8 Å². The Morgan fingerprint density at radius 2 is 0.588 bits per heavy atom. The molecule has 11 aromatic rings. The summed E-state index contributed by atoms with van der Waals surface area (Å²) in [6.45, 7) is 4.52. The molecule has 0 amide bonds. The Balaban J connectivity index is 0.000000167. The fourth-order valence-electron chi connectivity index (χ4n) is 8.93. The van der Waals surface area contributed by atoms with Crippen molar-refractivity contribution in [3.05, 3.63) is 278 Å². The Morgan fingerprint density at radius 3 is 0.912 bits per heavy atom. The summed E-state index contributed by atoms with van der Waals surface area (Å²) in [4.78, 5) is 0. The van der Waals surface area contributed by atoms with Gasteiger partial charge in [-0.05, 0) is 118 Å². The van der Waals surface area contributed by atoms with Crippen LogP contribution >= 0.6 is 15.8 Å². The molecule has 4 heteroatoms. The number of hydrogen-bond donors (Lipinski definition) is 0. The minimum absolute atomic E-state index is 0. The summed E-state index contributed by atoms with van der Waals surface area (Å²) in [6.07, 6.45) is 14.7. The summed E-state index contributed by atoms with van der Waals surface area (Å²) in [5.74, 6) is 5.02. The van der Waals surface area contributed by atoms with E-state index >= 15 is 0 Å². The van der Waals surface area contributed by atoms with Crippen LogP contribution in [0, 0.1) is 38.5 Å².